The highest BCUT2D eigenvalue weighted by Gasteiger charge is 2.15. The van der Waals surface area contributed by atoms with Crippen molar-refractivity contribution in [3.8, 4) is 0 Å². The van der Waals surface area contributed by atoms with E-state index in [-0.39, 0.29) is 6.03 Å². The fourth-order valence-electron chi connectivity index (χ4n) is 2.34. The number of hydrogen-bond donors (Lipinski definition) is 1. The summed E-state index contributed by atoms with van der Waals surface area (Å²) in [4.78, 5) is 16.7. The molecule has 2 aromatic carbocycles. The number of aryl methyl sites for hydroxylation is 1. The van der Waals surface area contributed by atoms with Gasteiger partial charge in [-0.25, -0.2) is 4.79 Å². The number of nitrogens with zero attached hydrogens (tertiary/aromatic N) is 2. The van der Waals surface area contributed by atoms with E-state index in [0.29, 0.717) is 13.1 Å². The molecule has 0 spiro atoms. The van der Waals surface area contributed by atoms with Crippen LogP contribution in [0.15, 0.2) is 53.0 Å². The molecule has 1 N–H and O–H groups in total. The predicted octanol–water partition coefficient (Wildman–Crippen LogP) is 4.35. The first-order chi connectivity index (χ1) is 11.5. The van der Waals surface area contributed by atoms with Crippen molar-refractivity contribution in [1.29, 1.82) is 0 Å². The molecule has 0 aliphatic rings. The number of likely N-dealkylation sites (N-methyl/N-ethyl adjacent to an activating group) is 1. The standard InChI is InChI=1S/C19H24BrN3O/c1-15-13-17(20)9-10-18(15)21-19(24)23(12-11-22(2)3)14-16-7-5-4-6-8-16/h4-10,13H,11-12,14H2,1-3H3,(H,21,24). The van der Waals surface area contributed by atoms with E-state index in [4.69, 9.17) is 0 Å². The van der Waals surface area contributed by atoms with E-state index in [1.54, 1.807) is 0 Å². The summed E-state index contributed by atoms with van der Waals surface area (Å²) >= 11 is 3.45. The van der Waals surface area contributed by atoms with Gasteiger partial charge in [0.15, 0.2) is 0 Å². The molecule has 0 unspecified atom stereocenters. The molecule has 0 heterocycles. The summed E-state index contributed by atoms with van der Waals surface area (Å²) in [5, 5.41) is 3.03. The van der Waals surface area contributed by atoms with Gasteiger partial charge in [-0.1, -0.05) is 46.3 Å². The van der Waals surface area contributed by atoms with Crippen LogP contribution in [0.5, 0.6) is 0 Å². The first-order valence-electron chi connectivity index (χ1n) is 7.96. The lowest BCUT2D eigenvalue weighted by Crippen LogP contribution is -2.39. The molecule has 0 aliphatic heterocycles. The SMILES string of the molecule is Cc1cc(Br)ccc1NC(=O)N(CCN(C)C)Cc1ccccc1. The van der Waals surface area contributed by atoms with Crippen molar-refractivity contribution in [1.82, 2.24) is 9.80 Å². The van der Waals surface area contributed by atoms with Gasteiger partial charge in [0.25, 0.3) is 0 Å². The zero-order valence-electron chi connectivity index (χ0n) is 14.4. The highest BCUT2D eigenvalue weighted by atomic mass is 79.9. The van der Waals surface area contributed by atoms with E-state index >= 15 is 0 Å². The van der Waals surface area contributed by atoms with E-state index in [1.165, 1.54) is 0 Å². The van der Waals surface area contributed by atoms with Crippen molar-refractivity contribution in [2.24, 2.45) is 0 Å². The first-order valence-corrected chi connectivity index (χ1v) is 8.76. The van der Waals surface area contributed by atoms with Gasteiger partial charge in [-0.3, -0.25) is 0 Å². The normalized spacial score (nSPS) is 10.7. The Labute approximate surface area is 152 Å². The number of benzene rings is 2. The average Bonchev–Trinajstić information content (AvgIpc) is 2.54. The molecular formula is C19H24BrN3O. The minimum absolute atomic E-state index is 0.0777. The number of hydrogen-bond acceptors (Lipinski definition) is 2. The molecule has 128 valence electrons. The monoisotopic (exact) mass is 389 g/mol. The Bertz CT molecular complexity index is 674. The molecule has 0 aliphatic carbocycles. The molecule has 4 nitrogen and oxygen atoms in total. The van der Waals surface area contributed by atoms with Gasteiger partial charge in [0.05, 0.1) is 0 Å². The van der Waals surface area contributed by atoms with Gasteiger partial charge < -0.3 is 15.1 Å². The second-order valence-corrected chi connectivity index (χ2v) is 7.02. The lowest BCUT2D eigenvalue weighted by molar-refractivity contribution is 0.202. The van der Waals surface area contributed by atoms with Gasteiger partial charge in [-0.15, -0.1) is 0 Å². The molecule has 2 aromatic rings. The van der Waals surface area contributed by atoms with Crippen molar-refractivity contribution in [2.45, 2.75) is 13.5 Å². The van der Waals surface area contributed by atoms with Gasteiger partial charge in [0.1, 0.15) is 0 Å². The molecule has 0 bridgehead atoms. The molecule has 0 radical (unpaired) electrons. The van der Waals surface area contributed by atoms with E-state index < -0.39 is 0 Å². The quantitative estimate of drug-likeness (QED) is 0.796. The topological polar surface area (TPSA) is 35.6 Å². The number of rotatable bonds is 6. The second kappa shape index (κ2) is 8.85. The van der Waals surface area contributed by atoms with Gasteiger partial charge >= 0.3 is 6.03 Å². The molecule has 0 aromatic heterocycles. The van der Waals surface area contributed by atoms with Crippen LogP contribution in [0.1, 0.15) is 11.1 Å². The van der Waals surface area contributed by atoms with E-state index in [0.717, 1.165) is 27.8 Å². The molecule has 5 heteroatoms. The smallest absolute Gasteiger partial charge is 0.319 e. The van der Waals surface area contributed by atoms with Crippen molar-refractivity contribution in [3.63, 3.8) is 0 Å². The third-order valence-corrected chi connectivity index (χ3v) is 4.24. The summed E-state index contributed by atoms with van der Waals surface area (Å²) in [6, 6.07) is 15.8. The Morgan fingerprint density at radius 1 is 1.08 bits per heavy atom. The maximum atomic E-state index is 12.8. The number of anilines is 1. The summed E-state index contributed by atoms with van der Waals surface area (Å²) in [5.74, 6) is 0. The molecule has 0 fully saturated rings. The molecule has 0 atom stereocenters. The third kappa shape index (κ3) is 5.65. The summed E-state index contributed by atoms with van der Waals surface area (Å²) in [6.45, 7) is 4.07. The van der Waals surface area contributed by atoms with E-state index in [9.17, 15) is 4.79 Å². The van der Waals surface area contributed by atoms with Gasteiger partial charge in [-0.2, -0.15) is 0 Å². The highest BCUT2D eigenvalue weighted by Crippen LogP contribution is 2.20. The Hall–Kier alpha value is -1.85. The lowest BCUT2D eigenvalue weighted by Gasteiger charge is -2.25. The van der Waals surface area contributed by atoms with E-state index in [2.05, 4.69) is 26.1 Å². The molecule has 0 saturated carbocycles. The van der Waals surface area contributed by atoms with Crippen LogP contribution in [-0.4, -0.2) is 43.0 Å². The highest BCUT2D eigenvalue weighted by molar-refractivity contribution is 9.10. The van der Waals surface area contributed by atoms with Crippen LogP contribution in [0.25, 0.3) is 0 Å². The number of halogens is 1. The van der Waals surface area contributed by atoms with Gasteiger partial charge in [0.2, 0.25) is 0 Å². The Morgan fingerprint density at radius 3 is 2.42 bits per heavy atom. The van der Waals surface area contributed by atoms with E-state index in [1.807, 2.05) is 74.4 Å². The maximum Gasteiger partial charge on any atom is 0.322 e. The Kier molecular flexibility index (Phi) is 6.82. The number of carbonyl (C=O) groups excluding carboxylic acids is 1. The number of urea groups is 1. The second-order valence-electron chi connectivity index (χ2n) is 6.10. The van der Waals surface area contributed by atoms with Crippen LogP contribution in [0, 0.1) is 6.92 Å². The molecule has 2 rings (SSSR count). The molecule has 0 saturated heterocycles. The van der Waals surface area contributed by atoms with Crippen LogP contribution in [-0.2, 0) is 6.54 Å². The van der Waals surface area contributed by atoms with Crippen molar-refractivity contribution >= 4 is 27.6 Å². The summed E-state index contributed by atoms with van der Waals surface area (Å²) in [6.07, 6.45) is 0. The van der Waals surface area contributed by atoms with Crippen LogP contribution >= 0.6 is 15.9 Å². The molecular weight excluding hydrogens is 366 g/mol. The maximum absolute atomic E-state index is 12.8. The average molecular weight is 390 g/mol. The van der Waals surface area contributed by atoms with Crippen LogP contribution in [0.2, 0.25) is 0 Å². The van der Waals surface area contributed by atoms with Crippen molar-refractivity contribution < 1.29 is 4.79 Å². The Balaban J connectivity index is 2.10. The van der Waals surface area contributed by atoms with Crippen LogP contribution < -0.4 is 5.32 Å². The Morgan fingerprint density at radius 2 is 1.79 bits per heavy atom. The van der Waals surface area contributed by atoms with Crippen LogP contribution in [0.4, 0.5) is 10.5 Å². The number of amides is 2. The van der Waals surface area contributed by atoms with Crippen molar-refractivity contribution in [2.75, 3.05) is 32.5 Å². The van der Waals surface area contributed by atoms with Gasteiger partial charge in [0, 0.05) is 29.8 Å². The van der Waals surface area contributed by atoms with Crippen molar-refractivity contribution in [3.05, 3.63) is 64.1 Å². The summed E-state index contributed by atoms with van der Waals surface area (Å²) in [7, 11) is 4.02. The minimum atomic E-state index is -0.0777. The first kappa shape index (κ1) is 18.5. The molecule has 2 amide bonds. The predicted molar refractivity (Wildman–Crippen MR) is 103 cm³/mol. The van der Waals surface area contributed by atoms with Gasteiger partial charge in [-0.05, 0) is 50.3 Å². The van der Waals surface area contributed by atoms with Crippen LogP contribution in [0.3, 0.4) is 0 Å². The fraction of sp³-hybridized carbons (Fsp3) is 0.316. The minimum Gasteiger partial charge on any atom is -0.319 e. The summed E-state index contributed by atoms with van der Waals surface area (Å²) < 4.78 is 1.01. The largest absolute Gasteiger partial charge is 0.322 e. The molecule has 24 heavy (non-hydrogen) atoms. The summed E-state index contributed by atoms with van der Waals surface area (Å²) in [5.41, 5.74) is 3.00. The number of nitrogens with one attached hydrogen (secondary N) is 1. The number of carbonyl (C=O) groups is 1. The zero-order chi connectivity index (χ0) is 17.5. The fourth-order valence-corrected chi connectivity index (χ4v) is 2.81. The lowest BCUT2D eigenvalue weighted by atomic mass is 10.2. The zero-order valence-corrected chi connectivity index (χ0v) is 16.0. The third-order valence-electron chi connectivity index (χ3n) is 3.75.